The van der Waals surface area contributed by atoms with Gasteiger partial charge in [0.15, 0.2) is 0 Å². The largest absolute Gasteiger partial charge is 0.381 e. The maximum atomic E-state index is 12.1. The van der Waals surface area contributed by atoms with Gasteiger partial charge in [0.2, 0.25) is 10.0 Å². The summed E-state index contributed by atoms with van der Waals surface area (Å²) in [6.45, 7) is 1.35. The summed E-state index contributed by atoms with van der Waals surface area (Å²) in [5, 5.41) is -0.336. The van der Waals surface area contributed by atoms with E-state index in [4.69, 9.17) is 16.3 Å². The molecule has 1 aromatic carbocycles. The fourth-order valence-corrected chi connectivity index (χ4v) is 3.69. The second kappa shape index (κ2) is 6.70. The van der Waals surface area contributed by atoms with Crippen LogP contribution in [0, 0.1) is 0 Å². The number of hydrogen-bond donors (Lipinski definition) is 1. The molecule has 0 unspecified atom stereocenters. The molecule has 1 heterocycles. The van der Waals surface area contributed by atoms with E-state index in [0.717, 1.165) is 11.1 Å². The van der Waals surface area contributed by atoms with E-state index >= 15 is 0 Å². The average Bonchev–Trinajstić information content (AvgIpc) is 2.46. The highest BCUT2D eigenvalue weighted by atomic mass is 35.5. The molecule has 2 rings (SSSR count). The molecule has 1 saturated heterocycles. The van der Waals surface area contributed by atoms with Crippen LogP contribution in [0.25, 0.3) is 0 Å². The van der Waals surface area contributed by atoms with Gasteiger partial charge in [-0.1, -0.05) is 24.3 Å². The number of ether oxygens (including phenoxy) is 1. The summed E-state index contributed by atoms with van der Waals surface area (Å²) in [6, 6.07) is 7.61. The molecule has 0 radical (unpaired) electrons. The van der Waals surface area contributed by atoms with E-state index in [9.17, 15) is 8.42 Å². The van der Waals surface area contributed by atoms with Gasteiger partial charge in [0, 0.05) is 25.6 Å². The molecule has 6 heteroatoms. The zero-order valence-corrected chi connectivity index (χ0v) is 12.2. The standard InChI is InChI=1S/C13H18ClNO3S/c14-9-11-2-1-3-12(8-11)10-15-19(16,17)13-4-6-18-7-5-13/h1-3,8,13,15H,4-7,9-10H2. The Morgan fingerprint density at radius 1 is 1.26 bits per heavy atom. The van der Waals surface area contributed by atoms with Crippen LogP contribution in [-0.2, 0) is 27.2 Å². The fraction of sp³-hybridized carbons (Fsp3) is 0.538. The topological polar surface area (TPSA) is 55.4 Å². The van der Waals surface area contributed by atoms with Gasteiger partial charge < -0.3 is 4.74 Å². The van der Waals surface area contributed by atoms with E-state index in [-0.39, 0.29) is 5.25 Å². The monoisotopic (exact) mass is 303 g/mol. The number of sulfonamides is 1. The minimum atomic E-state index is -3.26. The molecule has 0 atom stereocenters. The smallest absolute Gasteiger partial charge is 0.214 e. The van der Waals surface area contributed by atoms with Crippen molar-refractivity contribution in [1.82, 2.24) is 4.72 Å². The highest BCUT2D eigenvalue weighted by Gasteiger charge is 2.27. The SMILES string of the molecule is O=S(=O)(NCc1cccc(CCl)c1)C1CCOCC1. The number of benzene rings is 1. The van der Waals surface area contributed by atoms with Crippen molar-refractivity contribution in [1.29, 1.82) is 0 Å². The van der Waals surface area contributed by atoms with Gasteiger partial charge in [-0.3, -0.25) is 0 Å². The van der Waals surface area contributed by atoms with Crippen molar-refractivity contribution in [2.45, 2.75) is 30.5 Å². The van der Waals surface area contributed by atoms with Crippen molar-refractivity contribution in [3.8, 4) is 0 Å². The lowest BCUT2D eigenvalue weighted by molar-refractivity contribution is 0.0981. The van der Waals surface area contributed by atoms with Gasteiger partial charge in [-0.2, -0.15) is 0 Å². The molecule has 0 aromatic heterocycles. The Balaban J connectivity index is 1.96. The van der Waals surface area contributed by atoms with Crippen molar-refractivity contribution in [3.63, 3.8) is 0 Å². The molecule has 0 spiro atoms. The normalized spacial score (nSPS) is 17.5. The van der Waals surface area contributed by atoms with Crippen LogP contribution in [0.3, 0.4) is 0 Å². The average molecular weight is 304 g/mol. The molecule has 4 nitrogen and oxygen atoms in total. The maximum Gasteiger partial charge on any atom is 0.214 e. The van der Waals surface area contributed by atoms with Gasteiger partial charge in [-0.15, -0.1) is 11.6 Å². The molecule has 0 saturated carbocycles. The summed E-state index contributed by atoms with van der Waals surface area (Å²) < 4.78 is 32.1. The fourth-order valence-electron chi connectivity index (χ4n) is 2.11. The van der Waals surface area contributed by atoms with Gasteiger partial charge >= 0.3 is 0 Å². The first kappa shape index (κ1) is 14.8. The lowest BCUT2D eigenvalue weighted by Gasteiger charge is -2.22. The van der Waals surface area contributed by atoms with Gasteiger partial charge in [0.05, 0.1) is 5.25 Å². The Bertz CT molecular complexity index is 512. The van der Waals surface area contributed by atoms with E-state index < -0.39 is 10.0 Å². The van der Waals surface area contributed by atoms with Crippen molar-refractivity contribution >= 4 is 21.6 Å². The number of rotatable bonds is 5. The Labute approximate surface area is 119 Å². The number of alkyl halides is 1. The number of hydrogen-bond acceptors (Lipinski definition) is 3. The minimum absolute atomic E-state index is 0.310. The Hall–Kier alpha value is -0.620. The molecule has 1 N–H and O–H groups in total. The number of nitrogens with one attached hydrogen (secondary N) is 1. The van der Waals surface area contributed by atoms with E-state index in [1.165, 1.54) is 0 Å². The van der Waals surface area contributed by atoms with Crippen LogP contribution < -0.4 is 4.72 Å². The summed E-state index contributed by atoms with van der Waals surface area (Å²) in [7, 11) is -3.26. The summed E-state index contributed by atoms with van der Waals surface area (Å²) in [5.41, 5.74) is 1.92. The highest BCUT2D eigenvalue weighted by Crippen LogP contribution is 2.15. The highest BCUT2D eigenvalue weighted by molar-refractivity contribution is 7.90. The van der Waals surface area contributed by atoms with E-state index in [1.54, 1.807) is 0 Å². The zero-order valence-electron chi connectivity index (χ0n) is 10.6. The molecule has 1 aliphatic heterocycles. The van der Waals surface area contributed by atoms with Crippen LogP contribution in [0.4, 0.5) is 0 Å². The molecule has 19 heavy (non-hydrogen) atoms. The lowest BCUT2D eigenvalue weighted by Crippen LogP contribution is -2.37. The first-order chi connectivity index (χ1) is 9.12. The van der Waals surface area contributed by atoms with Crippen molar-refractivity contribution in [2.75, 3.05) is 13.2 Å². The van der Waals surface area contributed by atoms with Crippen LogP contribution in [-0.4, -0.2) is 26.9 Å². The van der Waals surface area contributed by atoms with Gasteiger partial charge in [-0.25, -0.2) is 13.1 Å². The molecular weight excluding hydrogens is 286 g/mol. The Kier molecular flexibility index (Phi) is 5.21. The second-order valence-electron chi connectivity index (χ2n) is 4.63. The van der Waals surface area contributed by atoms with Crippen LogP contribution >= 0.6 is 11.6 Å². The van der Waals surface area contributed by atoms with Crippen molar-refractivity contribution in [3.05, 3.63) is 35.4 Å². The molecule has 1 aliphatic rings. The Morgan fingerprint density at radius 3 is 2.63 bits per heavy atom. The van der Waals surface area contributed by atoms with Crippen LogP contribution in [0.1, 0.15) is 24.0 Å². The molecule has 0 bridgehead atoms. The van der Waals surface area contributed by atoms with Crippen LogP contribution in [0.5, 0.6) is 0 Å². The third-order valence-corrected chi connectivity index (χ3v) is 5.43. The predicted octanol–water partition coefficient (Wildman–Crippen LogP) is 2.02. The van der Waals surface area contributed by atoms with Crippen molar-refractivity contribution < 1.29 is 13.2 Å². The molecule has 106 valence electrons. The molecular formula is C13H18ClNO3S. The molecule has 1 fully saturated rings. The summed E-state index contributed by atoms with van der Waals surface area (Å²) in [5.74, 6) is 0.431. The van der Waals surface area contributed by atoms with E-state index in [1.807, 2.05) is 24.3 Å². The first-order valence-corrected chi connectivity index (χ1v) is 8.40. The molecule has 0 amide bonds. The third-order valence-electron chi connectivity index (χ3n) is 3.23. The number of halogens is 1. The van der Waals surface area contributed by atoms with Gasteiger partial charge in [0.25, 0.3) is 0 Å². The first-order valence-electron chi connectivity index (χ1n) is 6.32. The van der Waals surface area contributed by atoms with Crippen LogP contribution in [0.2, 0.25) is 0 Å². The molecule has 0 aliphatic carbocycles. The summed E-state index contributed by atoms with van der Waals surface area (Å²) in [4.78, 5) is 0. The van der Waals surface area contributed by atoms with E-state index in [2.05, 4.69) is 4.72 Å². The Morgan fingerprint density at radius 2 is 1.95 bits per heavy atom. The van der Waals surface area contributed by atoms with Gasteiger partial charge in [-0.05, 0) is 24.0 Å². The lowest BCUT2D eigenvalue weighted by atomic mass is 10.1. The van der Waals surface area contributed by atoms with Crippen LogP contribution in [0.15, 0.2) is 24.3 Å². The molecule has 1 aromatic rings. The third kappa shape index (κ3) is 4.18. The van der Waals surface area contributed by atoms with E-state index in [0.29, 0.717) is 38.5 Å². The predicted molar refractivity (Wildman–Crippen MR) is 75.6 cm³/mol. The minimum Gasteiger partial charge on any atom is -0.381 e. The summed E-state index contributed by atoms with van der Waals surface area (Å²) >= 11 is 5.76. The maximum absolute atomic E-state index is 12.1. The van der Waals surface area contributed by atoms with Crippen molar-refractivity contribution in [2.24, 2.45) is 0 Å². The van der Waals surface area contributed by atoms with Gasteiger partial charge in [0.1, 0.15) is 0 Å². The summed E-state index contributed by atoms with van der Waals surface area (Å²) in [6.07, 6.45) is 1.13. The second-order valence-corrected chi connectivity index (χ2v) is 6.94. The quantitative estimate of drug-likeness (QED) is 0.847. The zero-order chi connectivity index (χ0) is 13.7.